The number of nitrogens with zero attached hydrogens (tertiary/aromatic N) is 3. The van der Waals surface area contributed by atoms with Crippen LogP contribution in [0.4, 0.5) is 5.69 Å². The molecule has 1 aromatic heterocycles. The van der Waals surface area contributed by atoms with Crippen LogP contribution in [-0.4, -0.2) is 32.5 Å². The number of fused-ring (bicyclic) bond motifs is 1. The van der Waals surface area contributed by atoms with Gasteiger partial charge in [-0.3, -0.25) is 20.0 Å². The molecule has 2 aromatic rings. The summed E-state index contributed by atoms with van der Waals surface area (Å²) < 4.78 is 0. The zero-order valence-electron chi connectivity index (χ0n) is 11.8. The van der Waals surface area contributed by atoms with E-state index in [9.17, 15) is 14.9 Å². The summed E-state index contributed by atoms with van der Waals surface area (Å²) >= 11 is 5.84. The Bertz CT molecular complexity index is 771. The summed E-state index contributed by atoms with van der Waals surface area (Å²) in [5, 5.41) is 18.3. The quantitative estimate of drug-likeness (QED) is 0.679. The number of nitro groups is 1. The van der Waals surface area contributed by atoms with Crippen molar-refractivity contribution in [1.29, 1.82) is 0 Å². The van der Waals surface area contributed by atoms with Gasteiger partial charge in [0.15, 0.2) is 0 Å². The molecule has 3 rings (SSSR count). The molecular formula is C14H13ClN4O3. The van der Waals surface area contributed by atoms with Crippen molar-refractivity contribution < 1.29 is 9.72 Å². The van der Waals surface area contributed by atoms with Gasteiger partial charge in [0, 0.05) is 49.3 Å². The second-order valence-electron chi connectivity index (χ2n) is 5.14. The lowest BCUT2D eigenvalue weighted by Gasteiger charge is -2.25. The van der Waals surface area contributed by atoms with Crippen molar-refractivity contribution in [3.8, 4) is 11.3 Å². The highest BCUT2D eigenvalue weighted by Crippen LogP contribution is 2.33. The molecule has 0 atom stereocenters. The van der Waals surface area contributed by atoms with E-state index in [0.29, 0.717) is 30.8 Å². The Hall–Kier alpha value is -2.41. The molecule has 1 amide bonds. The summed E-state index contributed by atoms with van der Waals surface area (Å²) in [6.07, 6.45) is 0.692. The second-order valence-corrected chi connectivity index (χ2v) is 5.55. The van der Waals surface area contributed by atoms with E-state index in [2.05, 4.69) is 10.2 Å². The van der Waals surface area contributed by atoms with E-state index in [1.165, 1.54) is 19.1 Å². The van der Waals surface area contributed by atoms with Crippen molar-refractivity contribution in [2.45, 2.75) is 19.9 Å². The van der Waals surface area contributed by atoms with E-state index in [-0.39, 0.29) is 16.6 Å². The summed E-state index contributed by atoms with van der Waals surface area (Å²) in [7, 11) is 0. The molecule has 1 aliphatic rings. The minimum Gasteiger partial charge on any atom is -0.338 e. The zero-order chi connectivity index (χ0) is 15.9. The van der Waals surface area contributed by atoms with Crippen LogP contribution in [0, 0.1) is 10.1 Å². The van der Waals surface area contributed by atoms with Crippen LogP contribution in [0.5, 0.6) is 0 Å². The van der Waals surface area contributed by atoms with Gasteiger partial charge in [-0.1, -0.05) is 17.7 Å². The number of halogens is 1. The highest BCUT2D eigenvalue weighted by Gasteiger charge is 2.25. The van der Waals surface area contributed by atoms with Crippen molar-refractivity contribution in [2.75, 3.05) is 6.54 Å². The highest BCUT2D eigenvalue weighted by atomic mass is 35.5. The maximum Gasteiger partial charge on any atom is 0.288 e. The van der Waals surface area contributed by atoms with Gasteiger partial charge >= 0.3 is 0 Å². The molecule has 1 aliphatic heterocycles. The van der Waals surface area contributed by atoms with E-state index >= 15 is 0 Å². The summed E-state index contributed by atoms with van der Waals surface area (Å²) in [6.45, 7) is 2.62. The van der Waals surface area contributed by atoms with E-state index in [1.54, 1.807) is 11.0 Å². The number of nitro benzene ring substituents is 1. The van der Waals surface area contributed by atoms with Crippen molar-refractivity contribution >= 4 is 23.2 Å². The molecule has 0 unspecified atom stereocenters. The molecule has 0 fully saturated rings. The third kappa shape index (κ3) is 2.43. The largest absolute Gasteiger partial charge is 0.338 e. The predicted molar refractivity (Wildman–Crippen MR) is 80.5 cm³/mol. The number of aromatic amines is 1. The third-order valence-corrected chi connectivity index (χ3v) is 4.11. The molecule has 1 aromatic carbocycles. The molecular weight excluding hydrogens is 308 g/mol. The van der Waals surface area contributed by atoms with Crippen molar-refractivity contribution in [3.05, 3.63) is 44.6 Å². The molecule has 0 radical (unpaired) electrons. The summed E-state index contributed by atoms with van der Waals surface area (Å²) in [6, 6.07) is 4.59. The number of hydrogen-bond donors (Lipinski definition) is 1. The van der Waals surface area contributed by atoms with Crippen molar-refractivity contribution in [2.24, 2.45) is 0 Å². The average molecular weight is 321 g/mol. The maximum atomic E-state index is 11.6. The molecule has 0 spiro atoms. The smallest absolute Gasteiger partial charge is 0.288 e. The number of carbonyl (C=O) groups excluding carboxylic acids is 1. The first-order chi connectivity index (χ1) is 10.5. The first-order valence-electron chi connectivity index (χ1n) is 6.73. The number of hydrogen-bond acceptors (Lipinski definition) is 4. The number of benzene rings is 1. The van der Waals surface area contributed by atoms with Gasteiger partial charge in [0.1, 0.15) is 5.02 Å². The lowest BCUT2D eigenvalue weighted by Crippen LogP contribution is -2.34. The van der Waals surface area contributed by atoms with E-state index in [0.717, 1.165) is 11.3 Å². The second kappa shape index (κ2) is 5.42. The van der Waals surface area contributed by atoms with Crippen LogP contribution in [0.15, 0.2) is 18.2 Å². The summed E-state index contributed by atoms with van der Waals surface area (Å²) in [5.74, 6) is -0.000105. The summed E-state index contributed by atoms with van der Waals surface area (Å²) in [5.41, 5.74) is 2.94. The fraction of sp³-hybridized carbons (Fsp3) is 0.286. The molecule has 22 heavy (non-hydrogen) atoms. The van der Waals surface area contributed by atoms with Crippen LogP contribution in [0.1, 0.15) is 18.2 Å². The van der Waals surface area contributed by atoms with Gasteiger partial charge in [-0.15, -0.1) is 0 Å². The van der Waals surface area contributed by atoms with Gasteiger partial charge in [0.2, 0.25) is 5.91 Å². The van der Waals surface area contributed by atoms with E-state index < -0.39 is 4.92 Å². The van der Waals surface area contributed by atoms with Crippen molar-refractivity contribution in [1.82, 2.24) is 15.1 Å². The molecule has 0 aliphatic carbocycles. The Labute approximate surface area is 131 Å². The Balaban J connectivity index is 2.04. The van der Waals surface area contributed by atoms with Crippen molar-refractivity contribution in [3.63, 3.8) is 0 Å². The SMILES string of the molecule is CC(=O)N1CCc2[nH]nc(-c3ccc(Cl)c([N+](=O)[O-])c3)c2C1. The van der Waals surface area contributed by atoms with E-state index in [4.69, 9.17) is 11.6 Å². The van der Waals surface area contributed by atoms with Gasteiger partial charge in [-0.25, -0.2) is 0 Å². The topological polar surface area (TPSA) is 92.1 Å². The van der Waals surface area contributed by atoms with Gasteiger partial charge in [0.05, 0.1) is 10.6 Å². The molecule has 7 nitrogen and oxygen atoms in total. The van der Waals surface area contributed by atoms with Crippen LogP contribution in [0.25, 0.3) is 11.3 Å². The van der Waals surface area contributed by atoms with Gasteiger partial charge < -0.3 is 4.90 Å². The highest BCUT2D eigenvalue weighted by molar-refractivity contribution is 6.32. The lowest BCUT2D eigenvalue weighted by atomic mass is 10.0. The van der Waals surface area contributed by atoms with Crippen LogP contribution in [0.3, 0.4) is 0 Å². The summed E-state index contributed by atoms with van der Waals surface area (Å²) in [4.78, 5) is 23.8. The monoisotopic (exact) mass is 320 g/mol. The van der Waals surface area contributed by atoms with Crippen LogP contribution in [-0.2, 0) is 17.8 Å². The number of rotatable bonds is 2. The molecule has 0 bridgehead atoms. The zero-order valence-corrected chi connectivity index (χ0v) is 12.6. The number of aromatic nitrogens is 2. The fourth-order valence-corrected chi connectivity index (χ4v) is 2.79. The van der Waals surface area contributed by atoms with E-state index in [1.807, 2.05) is 0 Å². The molecule has 1 N–H and O–H groups in total. The molecule has 8 heteroatoms. The van der Waals surface area contributed by atoms with Gasteiger partial charge in [0.25, 0.3) is 5.69 Å². The Morgan fingerprint density at radius 3 is 2.95 bits per heavy atom. The van der Waals surface area contributed by atoms with Crippen LogP contribution >= 0.6 is 11.6 Å². The van der Waals surface area contributed by atoms with Crippen LogP contribution < -0.4 is 0 Å². The van der Waals surface area contributed by atoms with Crippen LogP contribution in [0.2, 0.25) is 5.02 Å². The molecule has 114 valence electrons. The molecule has 2 heterocycles. The molecule has 0 saturated heterocycles. The minimum absolute atomic E-state index is 0.000105. The number of nitrogens with one attached hydrogen (secondary N) is 1. The third-order valence-electron chi connectivity index (χ3n) is 3.80. The average Bonchev–Trinajstić information content (AvgIpc) is 2.90. The first-order valence-corrected chi connectivity index (χ1v) is 7.11. The Morgan fingerprint density at radius 1 is 1.50 bits per heavy atom. The standard InChI is InChI=1S/C14H13ClN4O3/c1-8(20)18-5-4-12-10(7-18)14(17-16-12)9-2-3-11(15)13(6-9)19(21)22/h2-3,6H,4-5,7H2,1H3,(H,16,17). The first kappa shape index (κ1) is 14.5. The van der Waals surface area contributed by atoms with Gasteiger partial charge in [-0.05, 0) is 6.07 Å². The lowest BCUT2D eigenvalue weighted by molar-refractivity contribution is -0.384. The maximum absolute atomic E-state index is 11.6. The van der Waals surface area contributed by atoms with Gasteiger partial charge in [-0.2, -0.15) is 5.10 Å². The predicted octanol–water partition coefficient (Wildman–Crippen LogP) is 2.54. The number of H-pyrrole nitrogens is 1. The minimum atomic E-state index is -0.521. The fourth-order valence-electron chi connectivity index (χ4n) is 2.60. The Kier molecular flexibility index (Phi) is 3.58. The Morgan fingerprint density at radius 2 is 2.27 bits per heavy atom. The number of carbonyl (C=O) groups is 1. The number of amides is 1. The normalized spacial score (nSPS) is 13.8. The molecule has 0 saturated carbocycles.